The second-order valence-electron chi connectivity index (χ2n) is 4.53. The number of nitrogen functional groups attached to an aromatic ring is 1. The zero-order valence-electron chi connectivity index (χ0n) is 11.8. The summed E-state index contributed by atoms with van der Waals surface area (Å²) in [4.78, 5) is 1.94. The molecule has 0 aromatic heterocycles. The van der Waals surface area contributed by atoms with Gasteiger partial charge in [-0.15, -0.1) is 0 Å². The average molecular weight is 274 g/mol. The fraction of sp³-hybridized carbons (Fsp3) is 0.250. The number of hydrogen-bond acceptors (Lipinski definition) is 3. The van der Waals surface area contributed by atoms with E-state index >= 15 is 0 Å². The molecule has 2 N–H and O–H groups in total. The summed E-state index contributed by atoms with van der Waals surface area (Å²) in [5.41, 5.74) is 8.17. The quantitative estimate of drug-likeness (QED) is 0.849. The van der Waals surface area contributed by atoms with E-state index in [2.05, 4.69) is 0 Å². The van der Waals surface area contributed by atoms with Crippen LogP contribution in [0.5, 0.6) is 5.75 Å². The van der Waals surface area contributed by atoms with Gasteiger partial charge in [-0.05, 0) is 42.8 Å². The molecule has 2 aromatic carbocycles. The molecule has 2 aromatic rings. The molecular weight excluding hydrogens is 255 g/mol. The van der Waals surface area contributed by atoms with E-state index in [4.69, 9.17) is 10.5 Å². The van der Waals surface area contributed by atoms with Crippen molar-refractivity contribution in [1.29, 1.82) is 0 Å². The first-order valence-corrected chi connectivity index (χ1v) is 6.57. The van der Waals surface area contributed by atoms with Crippen LogP contribution in [0.4, 0.5) is 15.8 Å². The SMILES string of the molecule is CCN(Cc1cc(OC)ccc1N)c1ccccc1F. The van der Waals surface area contributed by atoms with Crippen molar-refractivity contribution in [2.45, 2.75) is 13.5 Å². The van der Waals surface area contributed by atoms with Crippen molar-refractivity contribution in [3.05, 3.63) is 53.8 Å². The molecule has 0 amide bonds. The summed E-state index contributed by atoms with van der Waals surface area (Å²) in [6.45, 7) is 3.22. The normalized spacial score (nSPS) is 10.3. The molecule has 0 heterocycles. The molecule has 0 fully saturated rings. The van der Waals surface area contributed by atoms with Crippen LogP contribution < -0.4 is 15.4 Å². The smallest absolute Gasteiger partial charge is 0.146 e. The number of ether oxygens (including phenoxy) is 1. The van der Waals surface area contributed by atoms with Gasteiger partial charge >= 0.3 is 0 Å². The number of anilines is 2. The molecule has 0 aliphatic heterocycles. The van der Waals surface area contributed by atoms with Gasteiger partial charge in [-0.2, -0.15) is 0 Å². The molecule has 0 aliphatic carbocycles. The largest absolute Gasteiger partial charge is 0.497 e. The molecule has 0 saturated heterocycles. The Labute approximate surface area is 118 Å². The van der Waals surface area contributed by atoms with Crippen molar-refractivity contribution in [2.75, 3.05) is 24.3 Å². The van der Waals surface area contributed by atoms with Crippen LogP contribution in [0.3, 0.4) is 0 Å². The number of rotatable bonds is 5. The fourth-order valence-corrected chi connectivity index (χ4v) is 2.13. The average Bonchev–Trinajstić information content (AvgIpc) is 2.47. The number of benzene rings is 2. The first kappa shape index (κ1) is 14.2. The van der Waals surface area contributed by atoms with Gasteiger partial charge < -0.3 is 15.4 Å². The van der Waals surface area contributed by atoms with Crippen LogP contribution in [0, 0.1) is 5.82 Å². The Morgan fingerprint density at radius 3 is 2.60 bits per heavy atom. The minimum atomic E-state index is -0.226. The maximum absolute atomic E-state index is 13.9. The summed E-state index contributed by atoms with van der Waals surface area (Å²) in [6, 6.07) is 12.3. The van der Waals surface area contributed by atoms with E-state index in [1.54, 1.807) is 19.2 Å². The Morgan fingerprint density at radius 2 is 1.95 bits per heavy atom. The van der Waals surface area contributed by atoms with Crippen molar-refractivity contribution >= 4 is 11.4 Å². The maximum atomic E-state index is 13.9. The molecule has 20 heavy (non-hydrogen) atoms. The molecule has 0 spiro atoms. The number of nitrogens with zero attached hydrogens (tertiary/aromatic N) is 1. The standard InChI is InChI=1S/C16H19FN2O/c1-3-19(16-7-5-4-6-14(16)17)11-12-10-13(20-2)8-9-15(12)18/h4-10H,3,11,18H2,1-2H3. The summed E-state index contributed by atoms with van der Waals surface area (Å²) >= 11 is 0. The van der Waals surface area contributed by atoms with E-state index in [0.29, 0.717) is 24.5 Å². The molecule has 0 radical (unpaired) electrons. The van der Waals surface area contributed by atoms with E-state index in [1.165, 1.54) is 6.07 Å². The van der Waals surface area contributed by atoms with Crippen molar-refractivity contribution < 1.29 is 9.13 Å². The Hall–Kier alpha value is -2.23. The van der Waals surface area contributed by atoms with Gasteiger partial charge in [0.1, 0.15) is 11.6 Å². The van der Waals surface area contributed by atoms with E-state index in [0.717, 1.165) is 11.3 Å². The Balaban J connectivity index is 2.29. The highest BCUT2D eigenvalue weighted by molar-refractivity contribution is 5.54. The minimum absolute atomic E-state index is 0.226. The van der Waals surface area contributed by atoms with E-state index in [1.807, 2.05) is 36.1 Å². The summed E-state index contributed by atoms with van der Waals surface area (Å²) < 4.78 is 19.1. The molecular formula is C16H19FN2O. The van der Waals surface area contributed by atoms with Gasteiger partial charge in [0.05, 0.1) is 12.8 Å². The molecule has 0 bridgehead atoms. The Kier molecular flexibility index (Phi) is 4.45. The predicted octanol–water partition coefficient (Wildman–Crippen LogP) is 3.44. The number of nitrogens with two attached hydrogens (primary N) is 1. The molecule has 0 aliphatic rings. The Morgan fingerprint density at radius 1 is 1.20 bits per heavy atom. The molecule has 2 rings (SSSR count). The lowest BCUT2D eigenvalue weighted by molar-refractivity contribution is 0.414. The summed E-state index contributed by atoms with van der Waals surface area (Å²) in [5.74, 6) is 0.523. The highest BCUT2D eigenvalue weighted by Gasteiger charge is 2.12. The summed E-state index contributed by atoms with van der Waals surface area (Å²) in [6.07, 6.45) is 0. The third-order valence-corrected chi connectivity index (χ3v) is 3.29. The molecule has 106 valence electrons. The first-order valence-electron chi connectivity index (χ1n) is 6.57. The number of methoxy groups -OCH3 is 1. The third-order valence-electron chi connectivity index (χ3n) is 3.29. The zero-order valence-corrected chi connectivity index (χ0v) is 11.8. The van der Waals surface area contributed by atoms with E-state index < -0.39 is 0 Å². The maximum Gasteiger partial charge on any atom is 0.146 e. The van der Waals surface area contributed by atoms with Gasteiger partial charge in [0.25, 0.3) is 0 Å². The second-order valence-corrected chi connectivity index (χ2v) is 4.53. The third kappa shape index (κ3) is 3.02. The van der Waals surface area contributed by atoms with Crippen molar-refractivity contribution in [1.82, 2.24) is 0 Å². The van der Waals surface area contributed by atoms with Gasteiger partial charge in [-0.3, -0.25) is 0 Å². The van der Waals surface area contributed by atoms with Crippen LogP contribution in [0.25, 0.3) is 0 Å². The monoisotopic (exact) mass is 274 g/mol. The molecule has 4 heteroatoms. The van der Waals surface area contributed by atoms with Crippen LogP contribution in [-0.4, -0.2) is 13.7 Å². The van der Waals surface area contributed by atoms with Gasteiger partial charge in [0.2, 0.25) is 0 Å². The minimum Gasteiger partial charge on any atom is -0.497 e. The number of halogens is 1. The lowest BCUT2D eigenvalue weighted by Crippen LogP contribution is -2.23. The Bertz CT molecular complexity index is 586. The second kappa shape index (κ2) is 6.28. The molecule has 3 nitrogen and oxygen atoms in total. The number of para-hydroxylation sites is 1. The van der Waals surface area contributed by atoms with Gasteiger partial charge in [-0.25, -0.2) is 4.39 Å². The zero-order chi connectivity index (χ0) is 14.5. The topological polar surface area (TPSA) is 38.5 Å². The van der Waals surface area contributed by atoms with Crippen molar-refractivity contribution in [2.24, 2.45) is 0 Å². The van der Waals surface area contributed by atoms with Gasteiger partial charge in [0.15, 0.2) is 0 Å². The van der Waals surface area contributed by atoms with Crippen LogP contribution in [0.1, 0.15) is 12.5 Å². The summed E-state index contributed by atoms with van der Waals surface area (Å²) in [5, 5.41) is 0. The predicted molar refractivity (Wildman–Crippen MR) is 80.5 cm³/mol. The van der Waals surface area contributed by atoms with Crippen LogP contribution in [-0.2, 0) is 6.54 Å². The van der Waals surface area contributed by atoms with Gasteiger partial charge in [0, 0.05) is 18.8 Å². The lowest BCUT2D eigenvalue weighted by Gasteiger charge is -2.24. The number of hydrogen-bond donors (Lipinski definition) is 1. The molecule has 0 unspecified atom stereocenters. The first-order chi connectivity index (χ1) is 9.65. The molecule has 0 atom stereocenters. The van der Waals surface area contributed by atoms with Gasteiger partial charge in [-0.1, -0.05) is 12.1 Å². The lowest BCUT2D eigenvalue weighted by atomic mass is 10.1. The molecule has 0 saturated carbocycles. The fourth-order valence-electron chi connectivity index (χ4n) is 2.13. The summed E-state index contributed by atoms with van der Waals surface area (Å²) in [7, 11) is 1.61. The van der Waals surface area contributed by atoms with Crippen molar-refractivity contribution in [3.8, 4) is 5.75 Å². The van der Waals surface area contributed by atoms with E-state index in [-0.39, 0.29) is 5.82 Å². The van der Waals surface area contributed by atoms with Crippen LogP contribution in [0.15, 0.2) is 42.5 Å². The van der Waals surface area contributed by atoms with Crippen LogP contribution in [0.2, 0.25) is 0 Å². The highest BCUT2D eigenvalue weighted by Crippen LogP contribution is 2.25. The van der Waals surface area contributed by atoms with Crippen molar-refractivity contribution in [3.63, 3.8) is 0 Å². The van der Waals surface area contributed by atoms with E-state index in [9.17, 15) is 4.39 Å². The highest BCUT2D eigenvalue weighted by atomic mass is 19.1. The van der Waals surface area contributed by atoms with Crippen LogP contribution >= 0.6 is 0 Å².